The predicted molar refractivity (Wildman–Crippen MR) is 167 cm³/mol. The summed E-state index contributed by atoms with van der Waals surface area (Å²) < 4.78 is 5.58. The van der Waals surface area contributed by atoms with Crippen molar-refractivity contribution >= 4 is 34.7 Å². The maximum Gasteiger partial charge on any atom is 0.277 e. The van der Waals surface area contributed by atoms with Crippen LogP contribution in [0.15, 0.2) is 47.1 Å². The molecule has 226 valence electrons. The number of carbonyl (C=O) groups is 3. The van der Waals surface area contributed by atoms with E-state index in [2.05, 4.69) is 51.3 Å². The normalized spacial score (nSPS) is 17.1. The van der Waals surface area contributed by atoms with Crippen LogP contribution in [0.3, 0.4) is 0 Å². The molecule has 1 saturated carbocycles. The first-order valence-corrected chi connectivity index (χ1v) is 15.7. The van der Waals surface area contributed by atoms with Crippen LogP contribution in [0.25, 0.3) is 0 Å². The van der Waals surface area contributed by atoms with Crippen LogP contribution in [-0.2, 0) is 4.79 Å². The van der Waals surface area contributed by atoms with E-state index < -0.39 is 0 Å². The Morgan fingerprint density at radius 3 is 2.47 bits per heavy atom. The van der Waals surface area contributed by atoms with Gasteiger partial charge in [-0.1, -0.05) is 18.2 Å². The summed E-state index contributed by atoms with van der Waals surface area (Å²) >= 11 is 0. The van der Waals surface area contributed by atoms with Crippen LogP contribution in [0.1, 0.15) is 88.7 Å². The Labute approximate surface area is 253 Å². The monoisotopic (exact) mass is 583 g/mol. The van der Waals surface area contributed by atoms with Gasteiger partial charge in [0.1, 0.15) is 6.26 Å². The van der Waals surface area contributed by atoms with Gasteiger partial charge in [-0.3, -0.25) is 14.4 Å². The number of aryl methyl sites for hydroxylation is 2. The van der Waals surface area contributed by atoms with Gasteiger partial charge in [0, 0.05) is 69.3 Å². The number of likely N-dealkylation sites (tertiary alicyclic amines) is 1. The van der Waals surface area contributed by atoms with Gasteiger partial charge in [-0.05, 0) is 75.3 Å². The van der Waals surface area contributed by atoms with Gasteiger partial charge in [0.05, 0.1) is 11.4 Å². The first kappa shape index (κ1) is 29.0. The third kappa shape index (κ3) is 6.60. The van der Waals surface area contributed by atoms with Crippen LogP contribution in [-0.4, -0.2) is 66.8 Å². The highest BCUT2D eigenvalue weighted by Gasteiger charge is 2.30. The molecular formula is C34H41N5O4. The molecule has 1 aromatic heterocycles. The topological polar surface area (TPSA) is 99.0 Å². The molecule has 43 heavy (non-hydrogen) atoms. The number of hydrogen-bond acceptors (Lipinski definition) is 7. The Morgan fingerprint density at radius 2 is 1.74 bits per heavy atom. The van der Waals surface area contributed by atoms with Crippen LogP contribution in [0.4, 0.5) is 17.1 Å². The third-order valence-corrected chi connectivity index (χ3v) is 8.86. The summed E-state index contributed by atoms with van der Waals surface area (Å²) in [6.45, 7) is 8.96. The van der Waals surface area contributed by atoms with E-state index in [9.17, 15) is 14.4 Å². The van der Waals surface area contributed by atoms with Crippen molar-refractivity contribution in [2.75, 3.05) is 54.4 Å². The summed E-state index contributed by atoms with van der Waals surface area (Å²) in [4.78, 5) is 49.6. The number of benzene rings is 2. The lowest BCUT2D eigenvalue weighted by Gasteiger charge is -2.39. The second-order valence-corrected chi connectivity index (χ2v) is 12.1. The van der Waals surface area contributed by atoms with E-state index in [-0.39, 0.29) is 23.3 Å². The number of para-hydroxylation sites is 1. The van der Waals surface area contributed by atoms with Gasteiger partial charge < -0.3 is 24.4 Å². The van der Waals surface area contributed by atoms with Crippen LogP contribution < -0.4 is 15.1 Å². The second kappa shape index (κ2) is 12.6. The highest BCUT2D eigenvalue weighted by molar-refractivity contribution is 6.06. The van der Waals surface area contributed by atoms with Crippen molar-refractivity contribution < 1.29 is 18.8 Å². The van der Waals surface area contributed by atoms with Crippen molar-refractivity contribution in [3.63, 3.8) is 0 Å². The van der Waals surface area contributed by atoms with Crippen LogP contribution in [0.2, 0.25) is 0 Å². The average molecular weight is 584 g/mol. The van der Waals surface area contributed by atoms with Crippen molar-refractivity contribution in [2.45, 2.75) is 64.7 Å². The molecule has 0 bridgehead atoms. The average Bonchev–Trinajstić information content (AvgIpc) is 3.58. The van der Waals surface area contributed by atoms with E-state index >= 15 is 0 Å². The number of aromatic nitrogens is 1. The van der Waals surface area contributed by atoms with Crippen LogP contribution >= 0.6 is 0 Å². The lowest BCUT2D eigenvalue weighted by atomic mass is 9.99. The molecule has 2 aliphatic heterocycles. The summed E-state index contributed by atoms with van der Waals surface area (Å²) in [5.74, 6) is 0.852. The van der Waals surface area contributed by atoms with Crippen LogP contribution in [0, 0.1) is 13.8 Å². The van der Waals surface area contributed by atoms with Gasteiger partial charge >= 0.3 is 0 Å². The molecule has 3 aromatic rings. The molecule has 6 rings (SSSR count). The molecule has 2 saturated heterocycles. The first-order chi connectivity index (χ1) is 20.9. The number of anilines is 3. The summed E-state index contributed by atoms with van der Waals surface area (Å²) in [5.41, 5.74) is 5.86. The molecule has 1 aliphatic carbocycles. The predicted octanol–water partition coefficient (Wildman–Crippen LogP) is 5.72. The van der Waals surface area contributed by atoms with Crippen LogP contribution in [0.5, 0.6) is 0 Å². The molecule has 2 aromatic carbocycles. The molecule has 0 radical (unpaired) electrons. The van der Waals surface area contributed by atoms with Crippen molar-refractivity contribution in [2.24, 2.45) is 0 Å². The summed E-state index contributed by atoms with van der Waals surface area (Å²) in [6.07, 6.45) is 6.99. The zero-order valence-electron chi connectivity index (χ0n) is 25.2. The smallest absolute Gasteiger partial charge is 0.277 e. The number of ketones is 1. The number of nitrogens with zero attached hydrogens (tertiary/aromatic N) is 4. The summed E-state index contributed by atoms with van der Waals surface area (Å²) in [6, 6.07) is 12.2. The highest BCUT2D eigenvalue weighted by atomic mass is 16.3. The fraction of sp³-hybridized carbons (Fsp3) is 0.471. The Balaban J connectivity index is 1.19. The van der Waals surface area contributed by atoms with E-state index in [0.29, 0.717) is 42.4 Å². The molecule has 3 aliphatic rings. The standard InChI is InChI=1S/C34H41N5O4/c1-23-8-3-4-9-29(23)37-16-18-39(19-17-37)32-24(2)20-26(30(40)10-5-6-14-38-15-7-11-31(38)41)21-27(32)35-33(42)28-22-43-34(36-28)25-12-13-25/h3-4,8-9,20-22,25H,5-7,10-19H2,1-2H3,(H,35,42). The van der Waals surface area contributed by atoms with E-state index in [4.69, 9.17) is 4.42 Å². The SMILES string of the molecule is Cc1ccccc1N1CCN(c2c(C)cc(C(=O)CCCCN3CCCC3=O)cc2NC(=O)c2coc(C3CC3)n2)CC1. The summed E-state index contributed by atoms with van der Waals surface area (Å²) in [7, 11) is 0. The Morgan fingerprint density at radius 1 is 0.977 bits per heavy atom. The summed E-state index contributed by atoms with van der Waals surface area (Å²) in [5, 5.41) is 3.08. The molecule has 3 heterocycles. The molecule has 3 fully saturated rings. The van der Waals surface area contributed by atoms with Gasteiger partial charge in [-0.2, -0.15) is 0 Å². The Kier molecular flexibility index (Phi) is 8.49. The number of nitrogens with one attached hydrogen (secondary N) is 1. The number of rotatable bonds is 11. The molecule has 9 heteroatoms. The third-order valence-electron chi connectivity index (χ3n) is 8.86. The largest absolute Gasteiger partial charge is 0.448 e. The minimum atomic E-state index is -0.338. The van der Waals surface area contributed by atoms with Gasteiger partial charge in [0.2, 0.25) is 5.91 Å². The van der Waals surface area contributed by atoms with E-state index in [1.807, 2.05) is 24.0 Å². The first-order valence-electron chi connectivity index (χ1n) is 15.7. The molecular weight excluding hydrogens is 542 g/mol. The number of hydrogen-bond donors (Lipinski definition) is 1. The molecule has 0 atom stereocenters. The molecule has 9 nitrogen and oxygen atoms in total. The number of piperazine rings is 1. The lowest BCUT2D eigenvalue weighted by molar-refractivity contribution is -0.127. The van der Waals surface area contributed by atoms with E-state index in [1.165, 1.54) is 17.5 Å². The fourth-order valence-electron chi connectivity index (χ4n) is 6.31. The molecule has 1 N–H and O–H groups in total. The highest BCUT2D eigenvalue weighted by Crippen LogP contribution is 2.39. The van der Waals surface area contributed by atoms with Gasteiger partial charge in [0.25, 0.3) is 5.91 Å². The minimum absolute atomic E-state index is 0.0414. The Bertz CT molecular complexity index is 1500. The maximum atomic E-state index is 13.4. The molecule has 0 unspecified atom stereocenters. The fourth-order valence-corrected chi connectivity index (χ4v) is 6.31. The van der Waals surface area contributed by atoms with Crippen molar-refractivity contribution in [3.8, 4) is 0 Å². The molecule has 0 spiro atoms. The van der Waals surface area contributed by atoms with Crippen molar-refractivity contribution in [1.29, 1.82) is 0 Å². The van der Waals surface area contributed by atoms with Gasteiger partial charge in [0.15, 0.2) is 17.4 Å². The lowest BCUT2D eigenvalue weighted by Crippen LogP contribution is -2.47. The van der Waals surface area contributed by atoms with E-state index in [0.717, 1.165) is 76.1 Å². The van der Waals surface area contributed by atoms with Crippen molar-refractivity contribution in [1.82, 2.24) is 9.88 Å². The zero-order valence-corrected chi connectivity index (χ0v) is 25.2. The number of amides is 2. The van der Waals surface area contributed by atoms with E-state index in [1.54, 1.807) is 0 Å². The van der Waals surface area contributed by atoms with Gasteiger partial charge in [-0.15, -0.1) is 0 Å². The quantitative estimate of drug-likeness (QED) is 0.228. The minimum Gasteiger partial charge on any atom is -0.448 e. The number of carbonyl (C=O) groups excluding carboxylic acids is 3. The number of unbranched alkanes of at least 4 members (excludes halogenated alkanes) is 1. The maximum absolute atomic E-state index is 13.4. The zero-order chi connectivity index (χ0) is 29.9. The number of Topliss-reactive ketones (excluding diaryl/α,β-unsaturated/α-hetero) is 1. The second-order valence-electron chi connectivity index (χ2n) is 12.1. The molecule has 2 amide bonds. The van der Waals surface area contributed by atoms with Gasteiger partial charge in [-0.25, -0.2) is 4.98 Å². The Hall–Kier alpha value is -4.14. The van der Waals surface area contributed by atoms with Crippen molar-refractivity contribution in [3.05, 3.63) is 70.9 Å². The number of oxazole rings is 1.